The van der Waals surface area contributed by atoms with Crippen LogP contribution in [0.2, 0.25) is 0 Å². The largest absolute Gasteiger partial charge is 0.377 e. The van der Waals surface area contributed by atoms with Gasteiger partial charge in [-0.3, -0.25) is 0 Å². The number of aromatic nitrogens is 3. The summed E-state index contributed by atoms with van der Waals surface area (Å²) in [5.41, 5.74) is 0.0600. The Kier molecular flexibility index (Phi) is 4.04. The second-order valence-electron chi connectivity index (χ2n) is 6.80. The normalized spacial score (nSPS) is 30.3. The Bertz CT molecular complexity index is 458. The smallest absolute Gasteiger partial charge is 0.138 e. The van der Waals surface area contributed by atoms with E-state index in [-0.39, 0.29) is 5.41 Å². The van der Waals surface area contributed by atoms with Crippen LogP contribution in [0.5, 0.6) is 0 Å². The summed E-state index contributed by atoms with van der Waals surface area (Å²) in [6.45, 7) is 6.16. The van der Waals surface area contributed by atoms with E-state index in [9.17, 15) is 0 Å². The van der Waals surface area contributed by atoms with Gasteiger partial charge in [-0.2, -0.15) is 5.10 Å². The molecule has 5 heteroatoms. The van der Waals surface area contributed by atoms with Crippen LogP contribution in [0.25, 0.3) is 0 Å². The predicted molar refractivity (Wildman–Crippen MR) is 78.8 cm³/mol. The first-order valence-electron chi connectivity index (χ1n) is 7.69. The average Bonchev–Trinajstić information content (AvgIpc) is 3.04. The van der Waals surface area contributed by atoms with E-state index in [1.165, 1.54) is 12.8 Å². The van der Waals surface area contributed by atoms with Crippen LogP contribution >= 0.6 is 11.6 Å². The highest BCUT2D eigenvalue weighted by Crippen LogP contribution is 2.49. The van der Waals surface area contributed by atoms with Gasteiger partial charge in [-0.15, -0.1) is 11.6 Å². The SMILES string of the molecule is CC(C)Cn1ncnc1CC1(CCl)CCOC1C1CC1. The number of halogens is 1. The number of rotatable bonds is 6. The zero-order valence-corrected chi connectivity index (χ0v) is 13.1. The van der Waals surface area contributed by atoms with E-state index in [2.05, 4.69) is 23.9 Å². The first-order valence-corrected chi connectivity index (χ1v) is 8.22. The van der Waals surface area contributed by atoms with Gasteiger partial charge in [-0.1, -0.05) is 13.8 Å². The molecule has 1 aromatic heterocycles. The lowest BCUT2D eigenvalue weighted by Gasteiger charge is -2.32. The summed E-state index contributed by atoms with van der Waals surface area (Å²) < 4.78 is 8.05. The average molecular weight is 298 g/mol. The molecule has 0 bridgehead atoms. The van der Waals surface area contributed by atoms with Gasteiger partial charge >= 0.3 is 0 Å². The van der Waals surface area contributed by atoms with Crippen molar-refractivity contribution in [2.24, 2.45) is 17.3 Å². The Morgan fingerprint density at radius 2 is 2.30 bits per heavy atom. The van der Waals surface area contributed by atoms with Gasteiger partial charge in [-0.05, 0) is 31.1 Å². The first-order chi connectivity index (χ1) is 9.64. The Morgan fingerprint density at radius 3 is 2.95 bits per heavy atom. The fourth-order valence-electron chi connectivity index (χ4n) is 3.36. The van der Waals surface area contributed by atoms with Crippen molar-refractivity contribution >= 4 is 11.6 Å². The van der Waals surface area contributed by atoms with Crippen LogP contribution < -0.4 is 0 Å². The molecule has 2 heterocycles. The van der Waals surface area contributed by atoms with Gasteiger partial charge in [0.05, 0.1) is 6.10 Å². The summed E-state index contributed by atoms with van der Waals surface area (Å²) >= 11 is 6.37. The van der Waals surface area contributed by atoms with Crippen LogP contribution in [0, 0.1) is 17.3 Å². The summed E-state index contributed by atoms with van der Waals surface area (Å²) in [6.07, 6.45) is 6.52. The van der Waals surface area contributed by atoms with Gasteiger partial charge in [0.2, 0.25) is 0 Å². The van der Waals surface area contributed by atoms with Crippen molar-refractivity contribution in [1.82, 2.24) is 14.8 Å². The summed E-state index contributed by atoms with van der Waals surface area (Å²) in [5.74, 6) is 3.01. The van der Waals surface area contributed by atoms with Crippen LogP contribution in [0.3, 0.4) is 0 Å². The van der Waals surface area contributed by atoms with Crippen LogP contribution in [0.1, 0.15) is 38.9 Å². The second-order valence-corrected chi connectivity index (χ2v) is 7.07. The molecule has 1 aromatic rings. The van der Waals surface area contributed by atoms with E-state index in [1.807, 2.05) is 4.68 Å². The van der Waals surface area contributed by atoms with Crippen molar-refractivity contribution in [3.05, 3.63) is 12.2 Å². The zero-order chi connectivity index (χ0) is 14.2. The Hall–Kier alpha value is -0.610. The van der Waals surface area contributed by atoms with Crippen LogP contribution in [-0.4, -0.2) is 33.4 Å². The van der Waals surface area contributed by atoms with Crippen LogP contribution in [0.15, 0.2) is 6.33 Å². The van der Waals surface area contributed by atoms with E-state index in [0.717, 1.165) is 37.7 Å². The molecule has 1 aliphatic carbocycles. The quantitative estimate of drug-likeness (QED) is 0.758. The fourth-order valence-corrected chi connectivity index (χ4v) is 3.74. The van der Waals surface area contributed by atoms with Crippen LogP contribution in [-0.2, 0) is 17.7 Å². The highest BCUT2D eigenvalue weighted by molar-refractivity contribution is 6.18. The summed E-state index contributed by atoms with van der Waals surface area (Å²) in [5, 5.41) is 4.37. The van der Waals surface area contributed by atoms with E-state index < -0.39 is 0 Å². The molecule has 1 aliphatic heterocycles. The molecule has 0 spiro atoms. The fraction of sp³-hybridized carbons (Fsp3) is 0.867. The molecule has 112 valence electrons. The number of alkyl halides is 1. The molecule has 1 saturated carbocycles. The maximum atomic E-state index is 6.37. The molecule has 3 rings (SSSR count). The molecule has 2 fully saturated rings. The van der Waals surface area contributed by atoms with Crippen molar-refractivity contribution in [2.45, 2.75) is 52.2 Å². The number of nitrogens with zero attached hydrogens (tertiary/aromatic N) is 3. The third kappa shape index (κ3) is 2.73. The van der Waals surface area contributed by atoms with Crippen molar-refractivity contribution in [3.8, 4) is 0 Å². The Morgan fingerprint density at radius 1 is 1.50 bits per heavy atom. The molecule has 1 saturated heterocycles. The zero-order valence-electron chi connectivity index (χ0n) is 12.4. The lowest BCUT2D eigenvalue weighted by Crippen LogP contribution is -2.37. The van der Waals surface area contributed by atoms with Crippen molar-refractivity contribution in [3.63, 3.8) is 0 Å². The maximum absolute atomic E-state index is 6.37. The van der Waals surface area contributed by atoms with Gasteiger partial charge < -0.3 is 4.74 Å². The molecule has 0 radical (unpaired) electrons. The van der Waals surface area contributed by atoms with E-state index in [0.29, 0.717) is 17.9 Å². The van der Waals surface area contributed by atoms with Gasteiger partial charge in [0.1, 0.15) is 12.2 Å². The topological polar surface area (TPSA) is 39.9 Å². The van der Waals surface area contributed by atoms with Gasteiger partial charge in [-0.25, -0.2) is 9.67 Å². The molecule has 4 nitrogen and oxygen atoms in total. The second kappa shape index (κ2) is 5.64. The molecule has 0 amide bonds. The van der Waals surface area contributed by atoms with E-state index in [4.69, 9.17) is 16.3 Å². The lowest BCUT2D eigenvalue weighted by atomic mass is 9.77. The number of hydrogen-bond acceptors (Lipinski definition) is 3. The summed E-state index contributed by atoms with van der Waals surface area (Å²) in [4.78, 5) is 4.48. The predicted octanol–water partition coefficient (Wildman–Crippen LogP) is 2.90. The summed E-state index contributed by atoms with van der Waals surface area (Å²) in [7, 11) is 0. The maximum Gasteiger partial charge on any atom is 0.138 e. The van der Waals surface area contributed by atoms with Gasteiger partial charge in [0.15, 0.2) is 0 Å². The number of ether oxygens (including phenoxy) is 1. The molecule has 2 atom stereocenters. The van der Waals surface area contributed by atoms with E-state index in [1.54, 1.807) is 6.33 Å². The molecular weight excluding hydrogens is 274 g/mol. The van der Waals surface area contributed by atoms with Crippen molar-refractivity contribution in [2.75, 3.05) is 12.5 Å². The molecule has 0 aromatic carbocycles. The number of hydrogen-bond donors (Lipinski definition) is 0. The molecule has 2 aliphatic rings. The standard InChI is InChI=1S/C15H24ClN3O/c1-11(2)8-19-13(17-10-18-19)7-15(9-16)5-6-20-14(15)12-3-4-12/h10-12,14H,3-9H2,1-2H3. The minimum Gasteiger partial charge on any atom is -0.377 e. The Balaban J connectivity index is 1.79. The van der Waals surface area contributed by atoms with Gasteiger partial charge in [0.25, 0.3) is 0 Å². The highest BCUT2D eigenvalue weighted by atomic mass is 35.5. The minimum atomic E-state index is 0.0600. The van der Waals surface area contributed by atoms with Gasteiger partial charge in [0, 0.05) is 30.9 Å². The van der Waals surface area contributed by atoms with Crippen molar-refractivity contribution in [1.29, 1.82) is 0 Å². The summed E-state index contributed by atoms with van der Waals surface area (Å²) in [6, 6.07) is 0. The minimum absolute atomic E-state index is 0.0600. The lowest BCUT2D eigenvalue weighted by molar-refractivity contribution is 0.0390. The third-order valence-corrected chi connectivity index (χ3v) is 5.09. The highest BCUT2D eigenvalue weighted by Gasteiger charge is 2.51. The first kappa shape index (κ1) is 14.3. The Labute approximate surface area is 125 Å². The molecule has 0 N–H and O–H groups in total. The molecule has 2 unspecified atom stereocenters. The monoisotopic (exact) mass is 297 g/mol. The third-order valence-electron chi connectivity index (χ3n) is 4.56. The van der Waals surface area contributed by atoms with Crippen molar-refractivity contribution < 1.29 is 4.74 Å². The molecule has 20 heavy (non-hydrogen) atoms. The van der Waals surface area contributed by atoms with Crippen LogP contribution in [0.4, 0.5) is 0 Å². The molecular formula is C15H24ClN3O. The van der Waals surface area contributed by atoms with E-state index >= 15 is 0 Å².